The van der Waals surface area contributed by atoms with Crippen molar-refractivity contribution in [1.82, 2.24) is 0 Å². The van der Waals surface area contributed by atoms with E-state index in [0.717, 1.165) is 39.4 Å². The number of nitrogens with zero attached hydrogens (tertiary/aromatic N) is 1. The van der Waals surface area contributed by atoms with Crippen LogP contribution in [-0.4, -0.2) is 5.78 Å². The average Bonchev–Trinajstić information content (AvgIpc) is 2.98. The molecule has 1 heterocycles. The standard InChI is InChI=1S/C21H15F2NO2/c1-11-12(2)21-15-5-4-14(8-18(15)24-19(21)9-20(11)25)26-10-13-3-6-16(22)17(23)7-13/h3-9H,10H2,1-2H3. The van der Waals surface area contributed by atoms with Crippen LogP contribution >= 0.6 is 0 Å². The van der Waals surface area contributed by atoms with E-state index in [1.807, 2.05) is 26.0 Å². The third-order valence-electron chi connectivity index (χ3n) is 4.70. The van der Waals surface area contributed by atoms with Crippen LogP contribution < -0.4 is 15.3 Å². The Hall–Kier alpha value is -3.08. The maximum atomic E-state index is 13.3. The van der Waals surface area contributed by atoms with Gasteiger partial charge < -0.3 is 4.74 Å². The van der Waals surface area contributed by atoms with Crippen LogP contribution in [-0.2, 0) is 11.4 Å². The number of benzene rings is 2. The van der Waals surface area contributed by atoms with Crippen molar-refractivity contribution < 1.29 is 18.3 Å². The van der Waals surface area contributed by atoms with Crippen molar-refractivity contribution in [2.75, 3.05) is 0 Å². The lowest BCUT2D eigenvalue weighted by molar-refractivity contribution is -0.111. The van der Waals surface area contributed by atoms with Crippen molar-refractivity contribution in [3.05, 3.63) is 87.1 Å². The summed E-state index contributed by atoms with van der Waals surface area (Å²) in [6.07, 6.45) is 1.56. The molecule has 26 heavy (non-hydrogen) atoms. The molecule has 0 atom stereocenters. The summed E-state index contributed by atoms with van der Waals surface area (Å²) < 4.78 is 31.9. The zero-order valence-electron chi connectivity index (χ0n) is 14.3. The predicted octanol–water partition coefficient (Wildman–Crippen LogP) is 3.13. The van der Waals surface area contributed by atoms with Crippen LogP contribution in [0, 0.1) is 11.6 Å². The fourth-order valence-electron chi connectivity index (χ4n) is 3.13. The summed E-state index contributed by atoms with van der Waals surface area (Å²) in [5.41, 5.74) is 3.85. The molecule has 2 aliphatic rings. The largest absolute Gasteiger partial charge is 0.489 e. The summed E-state index contributed by atoms with van der Waals surface area (Å²) in [5, 5.41) is 1.69. The molecule has 130 valence electrons. The van der Waals surface area contributed by atoms with Gasteiger partial charge in [0.1, 0.15) is 12.4 Å². The first kappa shape index (κ1) is 16.4. The highest BCUT2D eigenvalue weighted by atomic mass is 19.2. The van der Waals surface area contributed by atoms with Gasteiger partial charge in [0, 0.05) is 28.5 Å². The number of ketones is 1. The molecule has 1 aliphatic heterocycles. The van der Waals surface area contributed by atoms with Gasteiger partial charge in [-0.3, -0.25) is 4.79 Å². The number of allylic oxidation sites excluding steroid dienone is 3. The van der Waals surface area contributed by atoms with E-state index in [-0.39, 0.29) is 12.4 Å². The lowest BCUT2D eigenvalue weighted by Crippen LogP contribution is -2.23. The van der Waals surface area contributed by atoms with E-state index in [0.29, 0.717) is 17.0 Å². The van der Waals surface area contributed by atoms with Crippen molar-refractivity contribution in [2.24, 2.45) is 4.99 Å². The van der Waals surface area contributed by atoms with E-state index in [1.54, 1.807) is 12.1 Å². The fraction of sp³-hybridized carbons (Fsp3) is 0.143. The first-order valence-electron chi connectivity index (χ1n) is 8.18. The van der Waals surface area contributed by atoms with E-state index in [4.69, 9.17) is 4.74 Å². The summed E-state index contributed by atoms with van der Waals surface area (Å²) in [5.74, 6) is -1.23. The molecule has 0 amide bonds. The lowest BCUT2D eigenvalue weighted by atomic mass is 9.91. The van der Waals surface area contributed by atoms with Crippen LogP contribution in [0.2, 0.25) is 0 Å². The predicted molar refractivity (Wildman–Crippen MR) is 92.8 cm³/mol. The second-order valence-corrected chi connectivity index (χ2v) is 6.35. The van der Waals surface area contributed by atoms with Gasteiger partial charge in [0.15, 0.2) is 17.4 Å². The summed E-state index contributed by atoms with van der Waals surface area (Å²) >= 11 is 0. The van der Waals surface area contributed by atoms with Crippen molar-refractivity contribution >= 4 is 11.4 Å². The molecule has 5 heteroatoms. The molecular formula is C21H15F2NO2. The summed E-state index contributed by atoms with van der Waals surface area (Å²) in [7, 11) is 0. The molecule has 2 aromatic carbocycles. The molecule has 0 aromatic heterocycles. The van der Waals surface area contributed by atoms with Gasteiger partial charge >= 0.3 is 0 Å². The molecule has 0 bridgehead atoms. The van der Waals surface area contributed by atoms with Gasteiger partial charge in [0.2, 0.25) is 0 Å². The first-order valence-corrected chi connectivity index (χ1v) is 8.18. The number of fused-ring (bicyclic) bond motifs is 2. The zero-order valence-corrected chi connectivity index (χ0v) is 14.3. The van der Waals surface area contributed by atoms with Crippen molar-refractivity contribution in [1.29, 1.82) is 0 Å². The quantitative estimate of drug-likeness (QED) is 0.852. The SMILES string of the molecule is CC1=C(C)C2=c3ccc(OCc4ccc(F)c(F)c4)cc3=NC2=CC1=O. The maximum absolute atomic E-state index is 13.3. The smallest absolute Gasteiger partial charge is 0.183 e. The highest BCUT2D eigenvalue weighted by Gasteiger charge is 2.23. The summed E-state index contributed by atoms with van der Waals surface area (Å²) in [4.78, 5) is 16.5. The van der Waals surface area contributed by atoms with E-state index in [1.165, 1.54) is 6.07 Å². The van der Waals surface area contributed by atoms with Crippen molar-refractivity contribution in [3.8, 4) is 5.75 Å². The molecule has 0 fully saturated rings. The second kappa shape index (κ2) is 6.02. The van der Waals surface area contributed by atoms with Crippen LogP contribution in [0.5, 0.6) is 5.75 Å². The van der Waals surface area contributed by atoms with Crippen LogP contribution in [0.15, 0.2) is 64.3 Å². The van der Waals surface area contributed by atoms with Crippen molar-refractivity contribution in [2.45, 2.75) is 20.5 Å². The number of ether oxygens (including phenoxy) is 1. The number of hydrogen-bond donors (Lipinski definition) is 0. The van der Waals surface area contributed by atoms with Gasteiger partial charge in [-0.1, -0.05) is 6.07 Å². The average molecular weight is 351 g/mol. The molecule has 0 unspecified atom stereocenters. The second-order valence-electron chi connectivity index (χ2n) is 6.35. The Balaban J connectivity index is 1.66. The van der Waals surface area contributed by atoms with Crippen LogP contribution in [0.1, 0.15) is 19.4 Å². The first-order chi connectivity index (χ1) is 12.4. The number of carbonyl (C=O) groups excluding carboxylic acids is 1. The monoisotopic (exact) mass is 351 g/mol. The number of halogens is 2. The Morgan fingerprint density at radius 3 is 2.58 bits per heavy atom. The minimum Gasteiger partial charge on any atom is -0.489 e. The van der Waals surface area contributed by atoms with Gasteiger partial charge in [-0.05, 0) is 49.2 Å². The lowest BCUT2D eigenvalue weighted by Gasteiger charge is -2.13. The van der Waals surface area contributed by atoms with Gasteiger partial charge in [-0.15, -0.1) is 0 Å². The maximum Gasteiger partial charge on any atom is 0.183 e. The molecule has 4 rings (SSSR count). The molecule has 0 saturated heterocycles. The van der Waals surface area contributed by atoms with Gasteiger partial charge in [0.05, 0.1) is 11.1 Å². The van der Waals surface area contributed by atoms with E-state index < -0.39 is 11.6 Å². The fourth-order valence-corrected chi connectivity index (χ4v) is 3.13. The highest BCUT2D eigenvalue weighted by molar-refractivity contribution is 6.11. The molecule has 3 nitrogen and oxygen atoms in total. The minimum atomic E-state index is -0.898. The number of rotatable bonds is 3. The van der Waals surface area contributed by atoms with Gasteiger partial charge in [0.25, 0.3) is 0 Å². The Morgan fingerprint density at radius 1 is 1.00 bits per heavy atom. The summed E-state index contributed by atoms with van der Waals surface area (Å²) in [6.45, 7) is 3.86. The van der Waals surface area contributed by atoms with Crippen LogP contribution in [0.25, 0.3) is 5.57 Å². The van der Waals surface area contributed by atoms with Gasteiger partial charge in [-0.25, -0.2) is 13.8 Å². The Bertz CT molecular complexity index is 1140. The van der Waals surface area contributed by atoms with Crippen LogP contribution in [0.4, 0.5) is 8.78 Å². The normalized spacial score (nSPS) is 15.5. The molecule has 2 aromatic rings. The van der Waals surface area contributed by atoms with Gasteiger partial charge in [-0.2, -0.15) is 0 Å². The zero-order chi connectivity index (χ0) is 18.4. The topological polar surface area (TPSA) is 38.7 Å². The Labute approximate surface area is 148 Å². The Kier molecular flexibility index (Phi) is 3.80. The van der Waals surface area contributed by atoms with E-state index in [9.17, 15) is 13.6 Å². The summed E-state index contributed by atoms with van der Waals surface area (Å²) in [6, 6.07) is 9.17. The number of hydrogen-bond acceptors (Lipinski definition) is 3. The third-order valence-corrected chi connectivity index (χ3v) is 4.70. The minimum absolute atomic E-state index is 0.0207. The Morgan fingerprint density at radius 2 is 1.81 bits per heavy atom. The molecule has 0 saturated carbocycles. The van der Waals surface area contributed by atoms with E-state index >= 15 is 0 Å². The van der Waals surface area contributed by atoms with E-state index in [2.05, 4.69) is 4.99 Å². The third kappa shape index (κ3) is 2.65. The molecular weight excluding hydrogens is 336 g/mol. The van der Waals surface area contributed by atoms with Crippen molar-refractivity contribution in [3.63, 3.8) is 0 Å². The van der Waals surface area contributed by atoms with Crippen LogP contribution in [0.3, 0.4) is 0 Å². The highest BCUT2D eigenvalue weighted by Crippen LogP contribution is 2.30. The number of carbonyl (C=O) groups is 1. The molecule has 0 radical (unpaired) electrons. The molecule has 0 spiro atoms. The molecule has 1 aliphatic carbocycles. The molecule has 0 N–H and O–H groups in total.